The lowest BCUT2D eigenvalue weighted by Gasteiger charge is -2.28. The van der Waals surface area contributed by atoms with E-state index in [-0.39, 0.29) is 5.91 Å². The largest absolute Gasteiger partial charge is 0.306 e. The lowest BCUT2D eigenvalue weighted by atomic mass is 9.92. The molecular formula is C10H21N3O. The molecule has 0 aromatic heterocycles. The molecule has 1 fully saturated rings. The first-order valence-corrected chi connectivity index (χ1v) is 5.36. The number of hydrogen-bond acceptors (Lipinski definition) is 3. The van der Waals surface area contributed by atoms with E-state index < -0.39 is 0 Å². The Hall–Kier alpha value is -0.610. The van der Waals surface area contributed by atoms with E-state index in [2.05, 4.69) is 22.8 Å². The Morgan fingerprint density at radius 3 is 2.64 bits per heavy atom. The van der Waals surface area contributed by atoms with E-state index in [1.807, 2.05) is 0 Å². The Morgan fingerprint density at radius 1 is 1.43 bits per heavy atom. The molecule has 1 saturated heterocycles. The molecule has 0 atom stereocenters. The minimum Gasteiger partial charge on any atom is -0.306 e. The Labute approximate surface area is 86.0 Å². The van der Waals surface area contributed by atoms with Crippen LogP contribution < -0.4 is 10.9 Å². The Morgan fingerprint density at radius 2 is 2.07 bits per heavy atom. The van der Waals surface area contributed by atoms with Crippen LogP contribution in [-0.2, 0) is 4.79 Å². The molecule has 82 valence electrons. The summed E-state index contributed by atoms with van der Waals surface area (Å²) >= 11 is 0. The predicted octanol–water partition coefficient (Wildman–Crippen LogP) is 0.359. The molecular weight excluding hydrogens is 178 g/mol. The normalized spacial score (nSPS) is 19.6. The van der Waals surface area contributed by atoms with Crippen LogP contribution in [0.25, 0.3) is 0 Å². The number of nitrogens with zero attached hydrogens (tertiary/aromatic N) is 1. The third-order valence-electron chi connectivity index (χ3n) is 2.88. The third-order valence-corrected chi connectivity index (χ3v) is 2.88. The molecule has 0 radical (unpaired) electrons. The van der Waals surface area contributed by atoms with Crippen molar-refractivity contribution in [2.75, 3.05) is 27.2 Å². The van der Waals surface area contributed by atoms with E-state index in [4.69, 9.17) is 0 Å². The number of hydrogen-bond donors (Lipinski definition) is 2. The highest BCUT2D eigenvalue weighted by molar-refractivity contribution is 5.75. The molecule has 1 aliphatic heterocycles. The highest BCUT2D eigenvalue weighted by Gasteiger charge is 2.17. The van der Waals surface area contributed by atoms with Gasteiger partial charge in [-0.1, -0.05) is 0 Å². The molecule has 4 nitrogen and oxygen atoms in total. The van der Waals surface area contributed by atoms with E-state index in [9.17, 15) is 4.79 Å². The zero-order valence-electron chi connectivity index (χ0n) is 9.18. The fourth-order valence-electron chi connectivity index (χ4n) is 1.89. The van der Waals surface area contributed by atoms with Gasteiger partial charge in [0, 0.05) is 13.5 Å². The first kappa shape index (κ1) is 11.5. The van der Waals surface area contributed by atoms with Crippen molar-refractivity contribution in [2.45, 2.75) is 25.7 Å². The van der Waals surface area contributed by atoms with Crippen LogP contribution in [0.2, 0.25) is 0 Å². The van der Waals surface area contributed by atoms with Gasteiger partial charge in [0.15, 0.2) is 0 Å². The average molecular weight is 199 g/mol. The molecule has 4 heteroatoms. The summed E-state index contributed by atoms with van der Waals surface area (Å²) in [6, 6.07) is 0. The summed E-state index contributed by atoms with van der Waals surface area (Å²) in [5, 5.41) is 0. The highest BCUT2D eigenvalue weighted by Crippen LogP contribution is 2.20. The highest BCUT2D eigenvalue weighted by atomic mass is 16.2. The van der Waals surface area contributed by atoms with Crippen molar-refractivity contribution >= 4 is 5.91 Å². The van der Waals surface area contributed by atoms with Crippen molar-refractivity contribution in [1.29, 1.82) is 0 Å². The van der Waals surface area contributed by atoms with Crippen LogP contribution in [0.15, 0.2) is 0 Å². The van der Waals surface area contributed by atoms with Gasteiger partial charge in [-0.15, -0.1) is 0 Å². The first-order chi connectivity index (χ1) is 6.72. The summed E-state index contributed by atoms with van der Waals surface area (Å²) in [7, 11) is 3.87. The molecule has 0 bridgehead atoms. The molecule has 1 heterocycles. The SMILES string of the molecule is CNNC(=O)CCC1CCN(C)CC1. The van der Waals surface area contributed by atoms with Crippen molar-refractivity contribution in [1.82, 2.24) is 15.8 Å². The smallest absolute Gasteiger partial charge is 0.234 e. The van der Waals surface area contributed by atoms with Gasteiger partial charge in [0.2, 0.25) is 5.91 Å². The first-order valence-electron chi connectivity index (χ1n) is 5.36. The second kappa shape index (κ2) is 5.98. The molecule has 0 spiro atoms. The van der Waals surface area contributed by atoms with Crippen LogP contribution in [0.3, 0.4) is 0 Å². The lowest BCUT2D eigenvalue weighted by Crippen LogP contribution is -2.35. The minimum absolute atomic E-state index is 0.103. The summed E-state index contributed by atoms with van der Waals surface area (Å²) < 4.78 is 0. The number of carbonyl (C=O) groups excluding carboxylic acids is 1. The maximum atomic E-state index is 11.2. The fraction of sp³-hybridized carbons (Fsp3) is 0.900. The predicted molar refractivity (Wildman–Crippen MR) is 56.7 cm³/mol. The molecule has 14 heavy (non-hydrogen) atoms. The maximum absolute atomic E-state index is 11.2. The van der Waals surface area contributed by atoms with Gasteiger partial charge in [0.25, 0.3) is 0 Å². The third kappa shape index (κ3) is 4.07. The van der Waals surface area contributed by atoms with E-state index >= 15 is 0 Å². The number of hydrazine groups is 1. The van der Waals surface area contributed by atoms with Crippen LogP contribution in [0.1, 0.15) is 25.7 Å². The van der Waals surface area contributed by atoms with Gasteiger partial charge in [-0.2, -0.15) is 0 Å². The summed E-state index contributed by atoms with van der Waals surface area (Å²) in [6.07, 6.45) is 4.16. The van der Waals surface area contributed by atoms with Gasteiger partial charge in [-0.05, 0) is 45.3 Å². The quantitative estimate of drug-likeness (QED) is 0.643. The Bertz CT molecular complexity index is 176. The zero-order chi connectivity index (χ0) is 10.4. The topological polar surface area (TPSA) is 44.4 Å². The zero-order valence-corrected chi connectivity index (χ0v) is 9.18. The number of piperidine rings is 1. The van der Waals surface area contributed by atoms with Crippen molar-refractivity contribution in [2.24, 2.45) is 5.92 Å². The van der Waals surface area contributed by atoms with Crippen LogP contribution in [0.5, 0.6) is 0 Å². The molecule has 1 amide bonds. The number of carbonyl (C=O) groups is 1. The van der Waals surface area contributed by atoms with E-state index in [0.29, 0.717) is 6.42 Å². The Kier molecular flexibility index (Phi) is 4.90. The van der Waals surface area contributed by atoms with Crippen molar-refractivity contribution in [3.8, 4) is 0 Å². The van der Waals surface area contributed by atoms with Crippen LogP contribution in [-0.4, -0.2) is 38.0 Å². The van der Waals surface area contributed by atoms with Gasteiger partial charge in [-0.3, -0.25) is 10.2 Å². The Balaban J connectivity index is 2.09. The molecule has 2 N–H and O–H groups in total. The molecule has 0 aromatic carbocycles. The number of rotatable bonds is 4. The second-order valence-electron chi connectivity index (χ2n) is 4.08. The minimum atomic E-state index is 0.103. The van der Waals surface area contributed by atoms with E-state index in [1.54, 1.807) is 7.05 Å². The summed E-state index contributed by atoms with van der Waals surface area (Å²) in [4.78, 5) is 13.5. The van der Waals surface area contributed by atoms with Gasteiger partial charge in [-0.25, -0.2) is 5.43 Å². The number of nitrogens with one attached hydrogen (secondary N) is 2. The summed E-state index contributed by atoms with van der Waals surface area (Å²) in [6.45, 7) is 2.36. The van der Waals surface area contributed by atoms with E-state index in [1.165, 1.54) is 25.9 Å². The number of likely N-dealkylation sites (tertiary alicyclic amines) is 1. The second-order valence-corrected chi connectivity index (χ2v) is 4.08. The summed E-state index contributed by atoms with van der Waals surface area (Å²) in [5.41, 5.74) is 5.25. The monoisotopic (exact) mass is 199 g/mol. The van der Waals surface area contributed by atoms with Crippen molar-refractivity contribution in [3.63, 3.8) is 0 Å². The average Bonchev–Trinajstić information content (AvgIpc) is 2.17. The molecule has 1 aliphatic rings. The molecule has 0 unspecified atom stereocenters. The van der Waals surface area contributed by atoms with Crippen LogP contribution in [0, 0.1) is 5.92 Å². The maximum Gasteiger partial charge on any atom is 0.234 e. The standard InChI is InChI=1S/C10H21N3O/c1-11-12-10(14)4-3-9-5-7-13(2)8-6-9/h9,11H,3-8H2,1-2H3,(H,12,14). The van der Waals surface area contributed by atoms with E-state index in [0.717, 1.165) is 12.3 Å². The fourth-order valence-corrected chi connectivity index (χ4v) is 1.89. The number of amides is 1. The molecule has 0 aromatic rings. The van der Waals surface area contributed by atoms with Gasteiger partial charge < -0.3 is 4.90 Å². The molecule has 1 rings (SSSR count). The van der Waals surface area contributed by atoms with Crippen LogP contribution >= 0.6 is 0 Å². The molecule has 0 aliphatic carbocycles. The lowest BCUT2D eigenvalue weighted by molar-refractivity contribution is -0.122. The van der Waals surface area contributed by atoms with Crippen LogP contribution in [0.4, 0.5) is 0 Å². The van der Waals surface area contributed by atoms with Crippen molar-refractivity contribution < 1.29 is 4.79 Å². The van der Waals surface area contributed by atoms with Crippen molar-refractivity contribution in [3.05, 3.63) is 0 Å². The van der Waals surface area contributed by atoms with Gasteiger partial charge >= 0.3 is 0 Å². The summed E-state index contributed by atoms with van der Waals surface area (Å²) in [5.74, 6) is 0.847. The van der Waals surface area contributed by atoms with Gasteiger partial charge in [0.1, 0.15) is 0 Å². The molecule has 0 saturated carbocycles. The van der Waals surface area contributed by atoms with Gasteiger partial charge in [0.05, 0.1) is 0 Å².